The van der Waals surface area contributed by atoms with Gasteiger partial charge in [-0.05, 0) is 37.3 Å². The number of imidazole rings is 1. The Morgan fingerprint density at radius 2 is 2.12 bits per heavy atom. The molecule has 1 aliphatic rings. The minimum Gasteiger partial charge on any atom is -0.351 e. The molecule has 26 heavy (non-hydrogen) atoms. The number of hydrogen-bond donors (Lipinski definition) is 1. The van der Waals surface area contributed by atoms with Crippen LogP contribution in [0.5, 0.6) is 0 Å². The summed E-state index contributed by atoms with van der Waals surface area (Å²) in [7, 11) is -2.83. The maximum Gasteiger partial charge on any atom is 0.272 e. The van der Waals surface area contributed by atoms with E-state index in [1.807, 2.05) is 28.8 Å². The third-order valence-electron chi connectivity index (χ3n) is 4.84. The highest BCUT2D eigenvalue weighted by molar-refractivity contribution is 7.91. The molecule has 2 aromatic rings. The van der Waals surface area contributed by atoms with Gasteiger partial charge in [-0.3, -0.25) is 4.79 Å². The van der Waals surface area contributed by atoms with Gasteiger partial charge in [0.1, 0.15) is 5.82 Å². The van der Waals surface area contributed by atoms with Gasteiger partial charge in [0.2, 0.25) is 0 Å². The Labute approximate surface area is 154 Å². The number of carbonyl (C=O) groups excluding carboxylic acids is 1. The van der Waals surface area contributed by atoms with Gasteiger partial charge in [0.15, 0.2) is 15.5 Å². The number of nitrogens with zero attached hydrogens (tertiary/aromatic N) is 2. The number of carbonyl (C=O) groups is 1. The molecule has 0 spiro atoms. The highest BCUT2D eigenvalue weighted by atomic mass is 32.2. The molecular formula is C19H27N3O3S. The van der Waals surface area contributed by atoms with Crippen LogP contribution >= 0.6 is 0 Å². The van der Waals surface area contributed by atoms with E-state index in [-0.39, 0.29) is 17.2 Å². The highest BCUT2D eigenvalue weighted by Gasteiger charge is 2.27. The molecule has 7 heteroatoms. The van der Waals surface area contributed by atoms with Gasteiger partial charge in [-0.2, -0.15) is 0 Å². The fourth-order valence-electron chi connectivity index (χ4n) is 3.51. The first kappa shape index (κ1) is 18.9. The normalized spacial score (nSPS) is 19.7. The number of hydrogen-bond acceptors (Lipinski definition) is 4. The molecule has 0 radical (unpaired) electrons. The average Bonchev–Trinajstić information content (AvgIpc) is 3.11. The van der Waals surface area contributed by atoms with Gasteiger partial charge >= 0.3 is 0 Å². The van der Waals surface area contributed by atoms with Gasteiger partial charge in [0, 0.05) is 18.2 Å². The zero-order chi connectivity index (χ0) is 18.9. The minimum absolute atomic E-state index is 0.170. The number of amides is 1. The molecule has 1 unspecified atom stereocenters. The molecular weight excluding hydrogens is 350 g/mol. The number of rotatable bonds is 5. The molecule has 6 nitrogen and oxygen atoms in total. The van der Waals surface area contributed by atoms with Gasteiger partial charge in [-0.25, -0.2) is 13.4 Å². The average molecular weight is 378 g/mol. The standard InChI is InChI=1S/C19H27N3O3S/c1-19(2,3)18-21-16(15-8-4-5-11-22(15)18)17(23)20-10-6-7-14-9-12-26(24,25)13-14/h4-5,8,11,14H,6-7,9-10,12-13H2,1-3H3,(H,20,23). The Bertz CT molecular complexity index is 910. The molecule has 1 fully saturated rings. The Kier molecular flexibility index (Phi) is 5.10. The van der Waals surface area contributed by atoms with Crippen LogP contribution in [0.25, 0.3) is 5.52 Å². The summed E-state index contributed by atoms with van der Waals surface area (Å²) in [5, 5.41) is 2.94. The van der Waals surface area contributed by atoms with E-state index in [0.717, 1.165) is 30.6 Å². The van der Waals surface area contributed by atoms with Crippen LogP contribution in [-0.4, -0.2) is 41.8 Å². The number of fused-ring (bicyclic) bond motifs is 1. The second-order valence-electron chi connectivity index (χ2n) is 8.16. The van der Waals surface area contributed by atoms with E-state index < -0.39 is 9.84 Å². The topological polar surface area (TPSA) is 80.5 Å². The first-order valence-corrected chi connectivity index (χ1v) is 11.0. The molecule has 2 aromatic heterocycles. The molecule has 1 saturated heterocycles. The van der Waals surface area contributed by atoms with Crippen molar-refractivity contribution in [2.45, 2.75) is 45.4 Å². The second-order valence-corrected chi connectivity index (χ2v) is 10.4. The van der Waals surface area contributed by atoms with E-state index in [2.05, 4.69) is 31.1 Å². The largest absolute Gasteiger partial charge is 0.351 e. The molecule has 0 bridgehead atoms. The summed E-state index contributed by atoms with van der Waals surface area (Å²) in [4.78, 5) is 17.2. The fraction of sp³-hybridized carbons (Fsp3) is 0.579. The smallest absolute Gasteiger partial charge is 0.272 e. The van der Waals surface area contributed by atoms with Crippen molar-refractivity contribution in [3.63, 3.8) is 0 Å². The van der Waals surface area contributed by atoms with E-state index in [0.29, 0.717) is 23.7 Å². The summed E-state index contributed by atoms with van der Waals surface area (Å²) < 4.78 is 25.0. The SMILES string of the molecule is CC(C)(C)c1nc(C(=O)NCCCC2CCS(=O)(=O)C2)c2ccccn12. The van der Waals surface area contributed by atoms with Crippen molar-refractivity contribution in [1.29, 1.82) is 0 Å². The maximum atomic E-state index is 12.6. The van der Waals surface area contributed by atoms with Crippen molar-refractivity contribution in [3.05, 3.63) is 35.9 Å². The van der Waals surface area contributed by atoms with Crippen LogP contribution in [0.1, 0.15) is 56.3 Å². The molecule has 1 aliphatic heterocycles. The van der Waals surface area contributed by atoms with Crippen LogP contribution in [-0.2, 0) is 15.3 Å². The van der Waals surface area contributed by atoms with Crippen LogP contribution in [0, 0.1) is 5.92 Å². The third-order valence-corrected chi connectivity index (χ3v) is 6.67. The van der Waals surface area contributed by atoms with E-state index in [1.165, 1.54) is 0 Å². The Balaban J connectivity index is 1.63. The van der Waals surface area contributed by atoms with Crippen LogP contribution < -0.4 is 5.32 Å². The Morgan fingerprint density at radius 3 is 2.77 bits per heavy atom. The molecule has 142 valence electrons. The lowest BCUT2D eigenvalue weighted by Gasteiger charge is -2.16. The van der Waals surface area contributed by atoms with Gasteiger partial charge in [-0.15, -0.1) is 0 Å². The number of nitrogens with one attached hydrogen (secondary N) is 1. The first-order chi connectivity index (χ1) is 12.2. The predicted molar refractivity (Wildman–Crippen MR) is 102 cm³/mol. The summed E-state index contributed by atoms with van der Waals surface area (Å²) in [5.41, 5.74) is 1.08. The molecule has 3 heterocycles. The summed E-state index contributed by atoms with van der Waals surface area (Å²) in [5.74, 6) is 1.51. The van der Waals surface area contributed by atoms with Gasteiger partial charge in [0.25, 0.3) is 5.91 Å². The summed E-state index contributed by atoms with van der Waals surface area (Å²) in [6.07, 6.45) is 4.29. The van der Waals surface area contributed by atoms with Crippen molar-refractivity contribution in [2.75, 3.05) is 18.1 Å². The first-order valence-electron chi connectivity index (χ1n) is 9.13. The van der Waals surface area contributed by atoms with Crippen LogP contribution in [0.3, 0.4) is 0 Å². The van der Waals surface area contributed by atoms with E-state index in [9.17, 15) is 13.2 Å². The Morgan fingerprint density at radius 1 is 1.35 bits per heavy atom. The van der Waals surface area contributed by atoms with E-state index in [1.54, 1.807) is 0 Å². The van der Waals surface area contributed by atoms with Crippen molar-refractivity contribution >= 4 is 21.3 Å². The monoisotopic (exact) mass is 377 g/mol. The van der Waals surface area contributed by atoms with Crippen molar-refractivity contribution < 1.29 is 13.2 Å². The molecule has 0 aromatic carbocycles. The van der Waals surface area contributed by atoms with Crippen molar-refractivity contribution in [2.24, 2.45) is 5.92 Å². The Hall–Kier alpha value is -1.89. The molecule has 0 saturated carbocycles. The molecule has 1 atom stereocenters. The third kappa shape index (κ3) is 4.09. The summed E-state index contributed by atoms with van der Waals surface area (Å²) in [6, 6.07) is 5.74. The maximum absolute atomic E-state index is 12.6. The van der Waals surface area contributed by atoms with E-state index >= 15 is 0 Å². The molecule has 3 rings (SSSR count). The summed E-state index contributed by atoms with van der Waals surface area (Å²) >= 11 is 0. The number of aromatic nitrogens is 2. The highest BCUT2D eigenvalue weighted by Crippen LogP contribution is 2.25. The lowest BCUT2D eigenvalue weighted by atomic mass is 9.96. The van der Waals surface area contributed by atoms with Crippen molar-refractivity contribution in [3.8, 4) is 0 Å². The van der Waals surface area contributed by atoms with Gasteiger partial charge in [-0.1, -0.05) is 26.8 Å². The lowest BCUT2D eigenvalue weighted by molar-refractivity contribution is 0.0949. The fourth-order valence-corrected chi connectivity index (χ4v) is 5.42. The van der Waals surface area contributed by atoms with E-state index in [4.69, 9.17) is 0 Å². The zero-order valence-corrected chi connectivity index (χ0v) is 16.5. The number of pyridine rings is 1. The number of sulfone groups is 1. The van der Waals surface area contributed by atoms with Gasteiger partial charge < -0.3 is 9.72 Å². The second kappa shape index (κ2) is 7.02. The summed E-state index contributed by atoms with van der Waals surface area (Å²) in [6.45, 7) is 6.76. The van der Waals surface area contributed by atoms with Crippen LogP contribution in [0.15, 0.2) is 24.4 Å². The predicted octanol–water partition coefficient (Wildman–Crippen LogP) is 2.58. The van der Waals surface area contributed by atoms with Crippen molar-refractivity contribution in [1.82, 2.24) is 14.7 Å². The molecule has 1 N–H and O–H groups in total. The zero-order valence-electron chi connectivity index (χ0n) is 15.7. The minimum atomic E-state index is -2.83. The van der Waals surface area contributed by atoms with Crippen LogP contribution in [0.2, 0.25) is 0 Å². The lowest BCUT2D eigenvalue weighted by Crippen LogP contribution is -2.25. The quantitative estimate of drug-likeness (QED) is 0.812. The molecule has 0 aliphatic carbocycles. The molecule has 1 amide bonds. The van der Waals surface area contributed by atoms with Gasteiger partial charge in [0.05, 0.1) is 17.0 Å². The van der Waals surface area contributed by atoms with Crippen LogP contribution in [0.4, 0.5) is 0 Å².